The Morgan fingerprint density at radius 2 is 1.90 bits per heavy atom. The summed E-state index contributed by atoms with van der Waals surface area (Å²) in [5.41, 5.74) is 2.99. The number of likely N-dealkylation sites (tertiary alicyclic amines) is 1. The summed E-state index contributed by atoms with van der Waals surface area (Å²) in [5, 5.41) is 19.1. The standard InChI is InChI=1S/C40H59ClN6O2/c1-3-36(48)47-24-23-46(26-31(47)18-21-42)37-34-17-20-39(19-16-33-29(25-39)11-9-15-35(33)41)28-40(34,30-12-7-5-4-6-8-13-30)44-38(43-37)49-27-32-14-10-22-45(32)2/h3,9,11,15,30-32,34,37-38,43-44H,1,4-8,10,12-14,16-20,22-28H2,2H3/t31?,32?,34?,37?,38?,39-,40?/m1/s1. The molecule has 268 valence electrons. The van der Waals surface area contributed by atoms with Crippen molar-refractivity contribution in [3.63, 3.8) is 0 Å². The first kappa shape index (κ1) is 35.4. The van der Waals surface area contributed by atoms with Gasteiger partial charge in [-0.25, -0.2) is 0 Å². The summed E-state index contributed by atoms with van der Waals surface area (Å²) < 4.78 is 6.94. The lowest BCUT2D eigenvalue weighted by Gasteiger charge is -2.64. The molecular formula is C40H59ClN6O2. The van der Waals surface area contributed by atoms with Gasteiger partial charge in [0.05, 0.1) is 31.3 Å². The average molecular weight is 691 g/mol. The molecule has 49 heavy (non-hydrogen) atoms. The molecule has 1 amide bonds. The van der Waals surface area contributed by atoms with Crippen molar-refractivity contribution in [2.45, 2.75) is 133 Å². The van der Waals surface area contributed by atoms with E-state index in [-0.39, 0.29) is 35.4 Å². The molecule has 3 aliphatic carbocycles. The maximum Gasteiger partial charge on any atom is 0.246 e. The zero-order chi connectivity index (χ0) is 34.0. The smallest absolute Gasteiger partial charge is 0.246 e. The summed E-state index contributed by atoms with van der Waals surface area (Å²) in [4.78, 5) is 19.8. The highest BCUT2D eigenvalue weighted by Crippen LogP contribution is 2.57. The number of piperazine rings is 1. The zero-order valence-corrected chi connectivity index (χ0v) is 30.6. The zero-order valence-electron chi connectivity index (χ0n) is 29.8. The van der Waals surface area contributed by atoms with Crippen LogP contribution in [0.1, 0.15) is 101 Å². The molecule has 1 aromatic carbocycles. The molecule has 7 atom stereocenters. The van der Waals surface area contributed by atoms with Crippen LogP contribution in [0.2, 0.25) is 5.02 Å². The fourth-order valence-corrected chi connectivity index (χ4v) is 11.5. The molecule has 5 fully saturated rings. The van der Waals surface area contributed by atoms with Gasteiger partial charge in [-0.3, -0.25) is 20.3 Å². The molecule has 7 rings (SSSR count). The number of halogens is 1. The molecule has 2 saturated carbocycles. The molecule has 0 bridgehead atoms. The summed E-state index contributed by atoms with van der Waals surface area (Å²) in [6, 6.07) is 9.24. The number of nitrogens with one attached hydrogen (secondary N) is 2. The topological polar surface area (TPSA) is 83.9 Å². The monoisotopic (exact) mass is 690 g/mol. The van der Waals surface area contributed by atoms with Gasteiger partial charge in [-0.05, 0) is 112 Å². The second kappa shape index (κ2) is 15.3. The summed E-state index contributed by atoms with van der Waals surface area (Å²) in [5.74, 6) is 0.919. The highest BCUT2D eigenvalue weighted by molar-refractivity contribution is 6.31. The van der Waals surface area contributed by atoms with E-state index in [9.17, 15) is 10.1 Å². The first-order chi connectivity index (χ1) is 23.8. The van der Waals surface area contributed by atoms with E-state index in [1.54, 1.807) is 0 Å². The minimum absolute atomic E-state index is 0.0629. The summed E-state index contributed by atoms with van der Waals surface area (Å²) >= 11 is 6.76. The molecule has 2 N–H and O–H groups in total. The lowest BCUT2D eigenvalue weighted by atomic mass is 9.51. The number of amides is 1. The number of carbonyl (C=O) groups excluding carboxylic acids is 1. The molecular weight excluding hydrogens is 632 g/mol. The number of fused-ring (bicyclic) bond motifs is 2. The number of benzene rings is 1. The highest BCUT2D eigenvalue weighted by atomic mass is 35.5. The third kappa shape index (κ3) is 7.23. The molecule has 0 aromatic heterocycles. The molecule has 8 nitrogen and oxygen atoms in total. The number of carbonyl (C=O) groups is 1. The first-order valence-electron chi connectivity index (χ1n) is 19.5. The van der Waals surface area contributed by atoms with Gasteiger partial charge < -0.3 is 14.5 Å². The highest BCUT2D eigenvalue weighted by Gasteiger charge is 2.60. The molecule has 3 saturated heterocycles. The molecule has 6 aliphatic rings. The molecule has 9 heteroatoms. The number of hydrogen-bond donors (Lipinski definition) is 2. The van der Waals surface area contributed by atoms with Gasteiger partial charge >= 0.3 is 0 Å². The van der Waals surface area contributed by atoms with Crippen molar-refractivity contribution < 1.29 is 9.53 Å². The third-order valence-corrected chi connectivity index (χ3v) is 14.1. The lowest BCUT2D eigenvalue weighted by Crippen LogP contribution is -2.79. The van der Waals surface area contributed by atoms with Gasteiger partial charge in [0.1, 0.15) is 0 Å². The summed E-state index contributed by atoms with van der Waals surface area (Å²) in [6.45, 7) is 7.71. The predicted octanol–water partition coefficient (Wildman–Crippen LogP) is 6.24. The number of ether oxygens (including phenoxy) is 1. The molecule has 1 spiro atoms. The second-order valence-electron chi connectivity index (χ2n) is 16.5. The number of nitriles is 1. The van der Waals surface area contributed by atoms with Gasteiger partial charge in [-0.1, -0.05) is 62.4 Å². The third-order valence-electron chi connectivity index (χ3n) is 13.8. The number of nitrogens with zero attached hydrogens (tertiary/aromatic N) is 4. The second-order valence-corrected chi connectivity index (χ2v) is 16.9. The Morgan fingerprint density at radius 3 is 2.65 bits per heavy atom. The van der Waals surface area contributed by atoms with E-state index in [0.717, 1.165) is 44.0 Å². The molecule has 0 radical (unpaired) electrons. The van der Waals surface area contributed by atoms with Crippen molar-refractivity contribution in [3.8, 4) is 6.07 Å². The predicted molar refractivity (Wildman–Crippen MR) is 195 cm³/mol. The number of rotatable bonds is 7. The van der Waals surface area contributed by atoms with Crippen molar-refractivity contribution in [1.29, 1.82) is 5.26 Å². The van der Waals surface area contributed by atoms with Crippen LogP contribution < -0.4 is 10.6 Å². The van der Waals surface area contributed by atoms with Gasteiger partial charge in [0.15, 0.2) is 6.35 Å². The van der Waals surface area contributed by atoms with Crippen LogP contribution in [-0.4, -0.2) is 90.6 Å². The van der Waals surface area contributed by atoms with Gasteiger partial charge in [0.25, 0.3) is 0 Å². The fourth-order valence-electron chi connectivity index (χ4n) is 11.2. The van der Waals surface area contributed by atoms with E-state index in [1.165, 1.54) is 94.3 Å². The van der Waals surface area contributed by atoms with Gasteiger partial charge in [0, 0.05) is 42.2 Å². The van der Waals surface area contributed by atoms with E-state index in [4.69, 9.17) is 16.3 Å². The lowest BCUT2D eigenvalue weighted by molar-refractivity contribution is -0.166. The summed E-state index contributed by atoms with van der Waals surface area (Å²) in [7, 11) is 2.23. The Morgan fingerprint density at radius 1 is 1.08 bits per heavy atom. The van der Waals surface area contributed by atoms with Crippen molar-refractivity contribution in [2.24, 2.45) is 17.3 Å². The summed E-state index contributed by atoms with van der Waals surface area (Å²) in [6.07, 6.45) is 20.1. The van der Waals surface area contributed by atoms with Crippen LogP contribution in [0.4, 0.5) is 0 Å². The van der Waals surface area contributed by atoms with Crippen LogP contribution in [0.5, 0.6) is 0 Å². The Hall–Kier alpha value is -1.99. The van der Waals surface area contributed by atoms with E-state index in [0.29, 0.717) is 37.4 Å². The van der Waals surface area contributed by atoms with Crippen LogP contribution >= 0.6 is 11.6 Å². The van der Waals surface area contributed by atoms with Crippen LogP contribution in [-0.2, 0) is 22.4 Å². The van der Waals surface area contributed by atoms with Crippen molar-refractivity contribution in [1.82, 2.24) is 25.3 Å². The minimum atomic E-state index is -0.247. The van der Waals surface area contributed by atoms with Crippen LogP contribution in [0, 0.1) is 28.6 Å². The fraction of sp³-hybridized carbons (Fsp3) is 0.750. The molecule has 6 unspecified atom stereocenters. The molecule has 3 heterocycles. The Labute approximate surface area is 299 Å². The van der Waals surface area contributed by atoms with E-state index in [1.807, 2.05) is 4.90 Å². The van der Waals surface area contributed by atoms with Crippen LogP contribution in [0.15, 0.2) is 30.9 Å². The Bertz CT molecular complexity index is 1380. The number of hydrogen-bond acceptors (Lipinski definition) is 7. The van der Waals surface area contributed by atoms with E-state index in [2.05, 4.69) is 58.3 Å². The molecule has 3 aliphatic heterocycles. The van der Waals surface area contributed by atoms with Crippen LogP contribution in [0.3, 0.4) is 0 Å². The SMILES string of the molecule is C=CC(=O)N1CCN(C2NC(OCC3CCCN3C)NC3(C4CCCCCCC4)C[C@]4(CCc5c(Cl)cccc5C4)CCC23)CC1CC#N. The van der Waals surface area contributed by atoms with Crippen molar-refractivity contribution in [2.75, 3.05) is 39.8 Å². The average Bonchev–Trinajstić information content (AvgIpc) is 3.50. The van der Waals surface area contributed by atoms with Crippen LogP contribution in [0.25, 0.3) is 0 Å². The van der Waals surface area contributed by atoms with Gasteiger partial charge in [0.2, 0.25) is 5.91 Å². The van der Waals surface area contributed by atoms with E-state index < -0.39 is 0 Å². The Balaban J connectivity index is 1.24. The molecule has 1 aromatic rings. The Kier molecular flexibility index (Phi) is 11.1. The quantitative estimate of drug-likeness (QED) is 0.328. The maximum atomic E-state index is 12.9. The van der Waals surface area contributed by atoms with E-state index >= 15 is 0 Å². The van der Waals surface area contributed by atoms with Gasteiger partial charge in [-0.15, -0.1) is 0 Å². The van der Waals surface area contributed by atoms with Gasteiger partial charge in [-0.2, -0.15) is 5.26 Å². The van der Waals surface area contributed by atoms with Crippen molar-refractivity contribution in [3.05, 3.63) is 47.0 Å². The normalized spacial score (nSPS) is 36.3. The van der Waals surface area contributed by atoms with Crippen molar-refractivity contribution >= 4 is 17.5 Å². The first-order valence-corrected chi connectivity index (χ1v) is 19.9. The maximum absolute atomic E-state index is 12.9. The largest absolute Gasteiger partial charge is 0.348 e. The minimum Gasteiger partial charge on any atom is -0.348 e. The number of likely N-dealkylation sites (N-methyl/N-ethyl adjacent to an activating group) is 1.